The van der Waals surface area contributed by atoms with Gasteiger partial charge >= 0.3 is 0 Å². The van der Waals surface area contributed by atoms with Crippen molar-refractivity contribution < 1.29 is 9.47 Å². The molecule has 2 rings (SSSR count). The summed E-state index contributed by atoms with van der Waals surface area (Å²) in [5, 5.41) is 0. The van der Waals surface area contributed by atoms with Gasteiger partial charge in [0.05, 0.1) is 14.2 Å². The van der Waals surface area contributed by atoms with Crippen LogP contribution in [0.4, 0.5) is 0 Å². The third kappa shape index (κ3) is 4.13. The molecule has 0 aromatic heterocycles. The molecule has 3 heteroatoms. The molecule has 0 spiro atoms. The first-order valence-corrected chi connectivity index (χ1v) is 8.14. The number of benzene rings is 1. The number of hydrogen-bond acceptors (Lipinski definition) is 3. The van der Waals surface area contributed by atoms with E-state index in [1.807, 2.05) is 6.07 Å². The molecule has 0 aliphatic heterocycles. The second-order valence-corrected chi connectivity index (χ2v) is 6.26. The van der Waals surface area contributed by atoms with Crippen molar-refractivity contribution in [1.82, 2.24) is 0 Å². The van der Waals surface area contributed by atoms with E-state index in [2.05, 4.69) is 19.1 Å². The molecule has 1 aromatic carbocycles. The summed E-state index contributed by atoms with van der Waals surface area (Å²) in [6, 6.07) is 6.37. The largest absolute Gasteiger partial charge is 0.493 e. The SMILES string of the molecule is CCC1CCCC(C(N)Cc2ccc(OC)c(OC)c2)C1. The fraction of sp³-hybridized carbons (Fsp3) is 0.667. The monoisotopic (exact) mass is 291 g/mol. The Hall–Kier alpha value is -1.22. The number of nitrogens with two attached hydrogens (primary N) is 1. The van der Waals surface area contributed by atoms with Crippen LogP contribution in [0.1, 0.15) is 44.6 Å². The van der Waals surface area contributed by atoms with Crippen LogP contribution >= 0.6 is 0 Å². The highest BCUT2D eigenvalue weighted by Gasteiger charge is 2.25. The van der Waals surface area contributed by atoms with Crippen molar-refractivity contribution in [1.29, 1.82) is 0 Å². The molecule has 1 fully saturated rings. The lowest BCUT2D eigenvalue weighted by Crippen LogP contribution is -2.35. The van der Waals surface area contributed by atoms with E-state index in [4.69, 9.17) is 15.2 Å². The topological polar surface area (TPSA) is 44.5 Å². The zero-order valence-corrected chi connectivity index (χ0v) is 13.6. The molecule has 0 saturated heterocycles. The Morgan fingerprint density at radius 1 is 1.19 bits per heavy atom. The summed E-state index contributed by atoms with van der Waals surface area (Å²) in [5.74, 6) is 3.10. The second kappa shape index (κ2) is 7.69. The molecule has 3 nitrogen and oxygen atoms in total. The van der Waals surface area contributed by atoms with Crippen LogP contribution in [0.5, 0.6) is 11.5 Å². The summed E-state index contributed by atoms with van der Waals surface area (Å²) in [6.45, 7) is 2.30. The summed E-state index contributed by atoms with van der Waals surface area (Å²) >= 11 is 0. The van der Waals surface area contributed by atoms with Gasteiger partial charge in [0, 0.05) is 6.04 Å². The molecule has 21 heavy (non-hydrogen) atoms. The van der Waals surface area contributed by atoms with E-state index in [1.54, 1.807) is 14.2 Å². The van der Waals surface area contributed by atoms with Crippen LogP contribution in [0, 0.1) is 11.8 Å². The minimum Gasteiger partial charge on any atom is -0.493 e. The molecule has 0 radical (unpaired) electrons. The molecule has 1 saturated carbocycles. The van der Waals surface area contributed by atoms with Crippen molar-refractivity contribution in [3.63, 3.8) is 0 Å². The highest BCUT2D eigenvalue weighted by Crippen LogP contribution is 2.34. The van der Waals surface area contributed by atoms with Crippen LogP contribution in [0.3, 0.4) is 0 Å². The lowest BCUT2D eigenvalue weighted by molar-refractivity contribution is 0.228. The van der Waals surface area contributed by atoms with Crippen LogP contribution in [-0.2, 0) is 6.42 Å². The average Bonchev–Trinajstić information content (AvgIpc) is 2.54. The van der Waals surface area contributed by atoms with Gasteiger partial charge in [-0.25, -0.2) is 0 Å². The fourth-order valence-electron chi connectivity index (χ4n) is 3.54. The molecular formula is C18H29NO2. The fourth-order valence-corrected chi connectivity index (χ4v) is 3.54. The Morgan fingerprint density at radius 3 is 2.62 bits per heavy atom. The van der Waals surface area contributed by atoms with Crippen molar-refractivity contribution in [2.75, 3.05) is 14.2 Å². The molecule has 0 amide bonds. The summed E-state index contributed by atoms with van der Waals surface area (Å²) in [5.41, 5.74) is 7.72. The maximum atomic E-state index is 6.49. The Labute approximate surface area is 128 Å². The van der Waals surface area contributed by atoms with E-state index in [9.17, 15) is 0 Å². The van der Waals surface area contributed by atoms with Gasteiger partial charge in [0.25, 0.3) is 0 Å². The Balaban J connectivity index is 2.00. The Morgan fingerprint density at radius 2 is 1.95 bits per heavy atom. The highest BCUT2D eigenvalue weighted by atomic mass is 16.5. The lowest BCUT2D eigenvalue weighted by atomic mass is 9.76. The van der Waals surface area contributed by atoms with Crippen molar-refractivity contribution in [3.05, 3.63) is 23.8 Å². The minimum atomic E-state index is 0.248. The van der Waals surface area contributed by atoms with Gasteiger partial charge in [-0.2, -0.15) is 0 Å². The standard InChI is InChI=1S/C18H29NO2/c1-4-13-6-5-7-15(10-13)16(19)11-14-8-9-17(20-2)18(12-14)21-3/h8-9,12-13,15-16H,4-7,10-11,19H2,1-3H3. The first-order chi connectivity index (χ1) is 10.2. The Bertz CT molecular complexity index is 447. The van der Waals surface area contributed by atoms with Crippen LogP contribution in [-0.4, -0.2) is 20.3 Å². The van der Waals surface area contributed by atoms with Gasteiger partial charge < -0.3 is 15.2 Å². The maximum absolute atomic E-state index is 6.49. The highest BCUT2D eigenvalue weighted by molar-refractivity contribution is 5.43. The summed E-state index contributed by atoms with van der Waals surface area (Å²) < 4.78 is 10.7. The van der Waals surface area contributed by atoms with Crippen LogP contribution in [0.15, 0.2) is 18.2 Å². The van der Waals surface area contributed by atoms with Gasteiger partial charge in [0.15, 0.2) is 11.5 Å². The molecule has 1 aromatic rings. The Kier molecular flexibility index (Phi) is 5.92. The first-order valence-electron chi connectivity index (χ1n) is 8.14. The maximum Gasteiger partial charge on any atom is 0.160 e. The van der Waals surface area contributed by atoms with E-state index in [0.29, 0.717) is 5.92 Å². The molecule has 1 aliphatic carbocycles. The molecular weight excluding hydrogens is 262 g/mol. The quantitative estimate of drug-likeness (QED) is 0.867. The third-order valence-electron chi connectivity index (χ3n) is 4.93. The third-order valence-corrected chi connectivity index (χ3v) is 4.93. The van der Waals surface area contributed by atoms with Crippen LogP contribution in [0.2, 0.25) is 0 Å². The number of ether oxygens (including phenoxy) is 2. The molecule has 3 atom stereocenters. The van der Waals surface area contributed by atoms with Gasteiger partial charge in [-0.15, -0.1) is 0 Å². The predicted octanol–water partition coefficient (Wildman–Crippen LogP) is 3.79. The van der Waals surface area contributed by atoms with E-state index in [-0.39, 0.29) is 6.04 Å². The molecule has 0 heterocycles. The van der Waals surface area contributed by atoms with Crippen LogP contribution < -0.4 is 15.2 Å². The van der Waals surface area contributed by atoms with E-state index in [1.165, 1.54) is 37.7 Å². The summed E-state index contributed by atoms with van der Waals surface area (Å²) in [7, 11) is 3.34. The van der Waals surface area contributed by atoms with E-state index < -0.39 is 0 Å². The lowest BCUT2D eigenvalue weighted by Gasteiger charge is -2.32. The summed E-state index contributed by atoms with van der Waals surface area (Å²) in [4.78, 5) is 0. The van der Waals surface area contributed by atoms with Crippen molar-refractivity contribution in [3.8, 4) is 11.5 Å². The molecule has 1 aliphatic rings. The zero-order valence-electron chi connectivity index (χ0n) is 13.6. The van der Waals surface area contributed by atoms with Gasteiger partial charge in [-0.05, 0) is 48.8 Å². The number of hydrogen-bond donors (Lipinski definition) is 1. The van der Waals surface area contributed by atoms with Gasteiger partial charge in [0.2, 0.25) is 0 Å². The van der Waals surface area contributed by atoms with E-state index >= 15 is 0 Å². The normalized spacial score (nSPS) is 23.6. The van der Waals surface area contributed by atoms with Gasteiger partial charge in [-0.3, -0.25) is 0 Å². The van der Waals surface area contributed by atoms with Crippen molar-refractivity contribution in [2.24, 2.45) is 17.6 Å². The average molecular weight is 291 g/mol. The number of rotatable bonds is 6. The van der Waals surface area contributed by atoms with E-state index in [0.717, 1.165) is 23.8 Å². The van der Waals surface area contributed by atoms with Crippen molar-refractivity contribution in [2.45, 2.75) is 51.5 Å². The van der Waals surface area contributed by atoms with Crippen LogP contribution in [0.25, 0.3) is 0 Å². The smallest absolute Gasteiger partial charge is 0.160 e. The minimum absolute atomic E-state index is 0.248. The van der Waals surface area contributed by atoms with Gasteiger partial charge in [-0.1, -0.05) is 32.3 Å². The molecule has 3 unspecified atom stereocenters. The number of methoxy groups -OCH3 is 2. The van der Waals surface area contributed by atoms with Gasteiger partial charge in [0.1, 0.15) is 0 Å². The first kappa shape index (κ1) is 16.2. The molecule has 118 valence electrons. The zero-order chi connectivity index (χ0) is 15.2. The molecule has 2 N–H and O–H groups in total. The van der Waals surface area contributed by atoms with Crippen molar-refractivity contribution >= 4 is 0 Å². The molecule has 0 bridgehead atoms. The second-order valence-electron chi connectivity index (χ2n) is 6.26. The summed E-state index contributed by atoms with van der Waals surface area (Å²) in [6.07, 6.45) is 7.51. The predicted molar refractivity (Wildman–Crippen MR) is 87.0 cm³/mol.